The number of thiocarbonyl (C=S) groups is 1. The molecule has 1 fully saturated rings. The monoisotopic (exact) mass is 357 g/mol. The summed E-state index contributed by atoms with van der Waals surface area (Å²) in [5.74, 6) is 0.261. The Bertz CT molecular complexity index is 815. The van der Waals surface area contributed by atoms with Crippen molar-refractivity contribution in [2.45, 2.75) is 6.42 Å². The second kappa shape index (κ2) is 7.07. The third-order valence-electron chi connectivity index (χ3n) is 3.60. The highest BCUT2D eigenvalue weighted by Gasteiger charge is 2.31. The predicted molar refractivity (Wildman–Crippen MR) is 99.8 cm³/mol. The van der Waals surface area contributed by atoms with Crippen molar-refractivity contribution in [3.05, 3.63) is 64.6 Å². The molecule has 0 aromatic heterocycles. The Morgan fingerprint density at radius 3 is 2.54 bits per heavy atom. The van der Waals surface area contributed by atoms with E-state index in [9.17, 15) is 15.0 Å². The Kier molecular flexibility index (Phi) is 4.87. The van der Waals surface area contributed by atoms with Crippen LogP contribution in [0.15, 0.2) is 53.4 Å². The van der Waals surface area contributed by atoms with Gasteiger partial charge in [-0.1, -0.05) is 48.2 Å². The summed E-state index contributed by atoms with van der Waals surface area (Å²) in [5.41, 5.74) is 1.79. The number of phenols is 2. The number of aromatic hydroxyl groups is 2. The van der Waals surface area contributed by atoms with Crippen LogP contribution < -0.4 is 0 Å². The average molecular weight is 357 g/mol. The highest BCUT2D eigenvalue weighted by atomic mass is 32.2. The molecule has 1 amide bonds. The fourth-order valence-electron chi connectivity index (χ4n) is 2.36. The third kappa shape index (κ3) is 3.77. The smallest absolute Gasteiger partial charge is 0.266 e. The summed E-state index contributed by atoms with van der Waals surface area (Å²) in [6, 6.07) is 13.6. The van der Waals surface area contributed by atoms with Crippen molar-refractivity contribution in [1.29, 1.82) is 0 Å². The number of carbonyl (C=O) groups excluding carboxylic acids is 1. The molecule has 0 aliphatic carbocycles. The minimum absolute atomic E-state index is 0.118. The number of phenolic OH excluding ortho intramolecular Hbond substituents is 2. The van der Waals surface area contributed by atoms with Crippen LogP contribution in [0.1, 0.15) is 11.1 Å². The molecule has 0 spiro atoms. The standard InChI is InChI=1S/C18H15NO3S2/c20-14-6-4-12(5-7-14)8-9-19-17(22)16(24-18(19)23)11-13-2-1-3-15(21)10-13/h1-7,10-11,20-21H,8-9H2/b16-11-. The minimum atomic E-state index is -0.118. The van der Waals surface area contributed by atoms with Crippen LogP contribution in [-0.2, 0) is 11.2 Å². The first kappa shape index (κ1) is 16.5. The summed E-state index contributed by atoms with van der Waals surface area (Å²) < 4.78 is 0.533. The topological polar surface area (TPSA) is 60.8 Å². The SMILES string of the molecule is O=C1/C(=C/c2cccc(O)c2)SC(=S)N1CCc1ccc(O)cc1. The molecule has 6 heteroatoms. The molecule has 0 saturated carbocycles. The van der Waals surface area contributed by atoms with Crippen molar-refractivity contribution in [3.8, 4) is 11.5 Å². The summed E-state index contributed by atoms with van der Waals surface area (Å²) in [6.45, 7) is 0.493. The van der Waals surface area contributed by atoms with Crippen LogP contribution in [0, 0.1) is 0 Å². The van der Waals surface area contributed by atoms with E-state index in [4.69, 9.17) is 12.2 Å². The fourth-order valence-corrected chi connectivity index (χ4v) is 3.67. The van der Waals surface area contributed by atoms with Crippen molar-refractivity contribution >= 4 is 40.3 Å². The van der Waals surface area contributed by atoms with Crippen LogP contribution in [0.2, 0.25) is 0 Å². The summed E-state index contributed by atoms with van der Waals surface area (Å²) in [4.78, 5) is 14.7. The number of carbonyl (C=O) groups is 1. The summed E-state index contributed by atoms with van der Waals surface area (Å²) >= 11 is 6.58. The maximum atomic E-state index is 12.5. The Morgan fingerprint density at radius 1 is 1.08 bits per heavy atom. The van der Waals surface area contributed by atoms with Gasteiger partial charge in [-0.15, -0.1) is 0 Å². The first-order chi connectivity index (χ1) is 11.5. The van der Waals surface area contributed by atoms with Gasteiger partial charge in [-0.05, 0) is 47.9 Å². The molecule has 2 N–H and O–H groups in total. The van der Waals surface area contributed by atoms with E-state index in [1.54, 1.807) is 41.3 Å². The number of hydrogen-bond acceptors (Lipinski definition) is 5. The minimum Gasteiger partial charge on any atom is -0.508 e. The molecule has 0 bridgehead atoms. The molecule has 4 nitrogen and oxygen atoms in total. The molecule has 2 aromatic rings. The highest BCUT2D eigenvalue weighted by molar-refractivity contribution is 8.26. The van der Waals surface area contributed by atoms with Crippen LogP contribution >= 0.6 is 24.0 Å². The average Bonchev–Trinajstić information content (AvgIpc) is 2.81. The van der Waals surface area contributed by atoms with E-state index in [-0.39, 0.29) is 17.4 Å². The molecule has 2 aromatic carbocycles. The van der Waals surface area contributed by atoms with Crippen molar-refractivity contribution in [2.24, 2.45) is 0 Å². The van der Waals surface area contributed by atoms with Gasteiger partial charge in [-0.2, -0.15) is 0 Å². The highest BCUT2D eigenvalue weighted by Crippen LogP contribution is 2.33. The summed E-state index contributed by atoms with van der Waals surface area (Å²) in [6.07, 6.45) is 2.39. The van der Waals surface area contributed by atoms with E-state index < -0.39 is 0 Å². The van der Waals surface area contributed by atoms with Gasteiger partial charge in [0.25, 0.3) is 5.91 Å². The number of amides is 1. The molecule has 0 radical (unpaired) electrons. The Hall–Kier alpha value is -2.31. The van der Waals surface area contributed by atoms with Gasteiger partial charge in [-0.25, -0.2) is 0 Å². The molecule has 24 heavy (non-hydrogen) atoms. The predicted octanol–water partition coefficient (Wildman–Crippen LogP) is 3.54. The summed E-state index contributed by atoms with van der Waals surface area (Å²) in [5, 5.41) is 18.8. The number of rotatable bonds is 4. The molecule has 0 unspecified atom stereocenters. The van der Waals surface area contributed by atoms with Crippen molar-refractivity contribution in [2.75, 3.05) is 6.54 Å². The molecule has 0 atom stereocenters. The lowest BCUT2D eigenvalue weighted by molar-refractivity contribution is -0.122. The Morgan fingerprint density at radius 2 is 1.83 bits per heavy atom. The molecule has 122 valence electrons. The third-order valence-corrected chi connectivity index (χ3v) is 4.98. The van der Waals surface area contributed by atoms with Gasteiger partial charge in [-0.3, -0.25) is 9.69 Å². The number of nitrogens with zero attached hydrogens (tertiary/aromatic N) is 1. The molecule has 3 rings (SSSR count). The van der Waals surface area contributed by atoms with E-state index >= 15 is 0 Å². The second-order valence-electron chi connectivity index (χ2n) is 5.34. The molecular weight excluding hydrogens is 342 g/mol. The van der Waals surface area contributed by atoms with E-state index in [0.717, 1.165) is 11.1 Å². The van der Waals surface area contributed by atoms with Crippen molar-refractivity contribution < 1.29 is 15.0 Å². The van der Waals surface area contributed by atoms with Crippen LogP contribution in [0.4, 0.5) is 0 Å². The van der Waals surface area contributed by atoms with E-state index in [1.165, 1.54) is 11.8 Å². The van der Waals surface area contributed by atoms with Crippen LogP contribution in [0.5, 0.6) is 11.5 Å². The number of hydrogen-bond donors (Lipinski definition) is 2. The van der Waals surface area contributed by atoms with Gasteiger partial charge < -0.3 is 10.2 Å². The quantitative estimate of drug-likeness (QED) is 0.647. The zero-order valence-electron chi connectivity index (χ0n) is 12.7. The zero-order chi connectivity index (χ0) is 17.1. The fraction of sp³-hybridized carbons (Fsp3) is 0.111. The van der Waals surface area contributed by atoms with E-state index in [0.29, 0.717) is 22.2 Å². The molecule has 1 aliphatic rings. The Labute approximate surface area is 149 Å². The van der Waals surface area contributed by atoms with Gasteiger partial charge in [0.05, 0.1) is 4.91 Å². The van der Waals surface area contributed by atoms with Crippen LogP contribution in [0.3, 0.4) is 0 Å². The number of benzene rings is 2. The number of thioether (sulfide) groups is 1. The molecular formula is C18H15NO3S2. The Balaban J connectivity index is 1.71. The van der Waals surface area contributed by atoms with Gasteiger partial charge in [0.1, 0.15) is 15.8 Å². The molecule has 1 saturated heterocycles. The summed E-state index contributed by atoms with van der Waals surface area (Å²) in [7, 11) is 0. The first-order valence-electron chi connectivity index (χ1n) is 7.35. The van der Waals surface area contributed by atoms with Crippen molar-refractivity contribution in [3.63, 3.8) is 0 Å². The maximum Gasteiger partial charge on any atom is 0.266 e. The molecule has 1 aliphatic heterocycles. The van der Waals surface area contributed by atoms with Crippen LogP contribution in [-0.4, -0.2) is 31.9 Å². The normalized spacial score (nSPS) is 16.2. The van der Waals surface area contributed by atoms with Crippen LogP contribution in [0.25, 0.3) is 6.08 Å². The van der Waals surface area contributed by atoms with Gasteiger partial charge >= 0.3 is 0 Å². The lowest BCUT2D eigenvalue weighted by Gasteiger charge is -2.14. The second-order valence-corrected chi connectivity index (χ2v) is 7.02. The molecule has 1 heterocycles. The lowest BCUT2D eigenvalue weighted by Crippen LogP contribution is -2.30. The van der Waals surface area contributed by atoms with E-state index in [1.807, 2.05) is 18.2 Å². The van der Waals surface area contributed by atoms with Gasteiger partial charge in [0, 0.05) is 6.54 Å². The maximum absolute atomic E-state index is 12.5. The van der Waals surface area contributed by atoms with E-state index in [2.05, 4.69) is 0 Å². The largest absolute Gasteiger partial charge is 0.508 e. The lowest BCUT2D eigenvalue weighted by atomic mass is 10.1. The zero-order valence-corrected chi connectivity index (χ0v) is 14.3. The van der Waals surface area contributed by atoms with Crippen molar-refractivity contribution in [1.82, 2.24) is 4.90 Å². The van der Waals surface area contributed by atoms with Gasteiger partial charge in [0.15, 0.2) is 0 Å². The first-order valence-corrected chi connectivity index (χ1v) is 8.58. The van der Waals surface area contributed by atoms with Gasteiger partial charge in [0.2, 0.25) is 0 Å².